The summed E-state index contributed by atoms with van der Waals surface area (Å²) in [5.41, 5.74) is 0.766. The van der Waals surface area contributed by atoms with Crippen molar-refractivity contribution in [3.63, 3.8) is 0 Å². The molecule has 0 unspecified atom stereocenters. The van der Waals surface area contributed by atoms with Crippen LogP contribution in [0.2, 0.25) is 0 Å². The Hall–Kier alpha value is -2.57. The lowest BCUT2D eigenvalue weighted by molar-refractivity contribution is 0.385. The van der Waals surface area contributed by atoms with Gasteiger partial charge in [-0.2, -0.15) is 10.1 Å². The van der Waals surface area contributed by atoms with Crippen molar-refractivity contribution in [2.75, 3.05) is 0 Å². The number of aromatic amines is 1. The van der Waals surface area contributed by atoms with E-state index < -0.39 is 0 Å². The van der Waals surface area contributed by atoms with Crippen LogP contribution in [0.4, 0.5) is 4.39 Å². The van der Waals surface area contributed by atoms with Crippen molar-refractivity contribution in [1.82, 2.24) is 25.3 Å². The molecule has 2 heterocycles. The maximum absolute atomic E-state index is 13.0. The Kier molecular flexibility index (Phi) is 2.56. The first-order chi connectivity index (χ1) is 8.81. The van der Waals surface area contributed by atoms with Gasteiger partial charge in [0.05, 0.1) is 6.42 Å². The van der Waals surface area contributed by atoms with Crippen LogP contribution < -0.4 is 0 Å². The van der Waals surface area contributed by atoms with E-state index >= 15 is 0 Å². The van der Waals surface area contributed by atoms with Crippen molar-refractivity contribution < 1.29 is 8.91 Å². The number of nitrogens with zero attached hydrogens (tertiary/aromatic N) is 4. The van der Waals surface area contributed by atoms with Crippen molar-refractivity contribution >= 4 is 0 Å². The van der Waals surface area contributed by atoms with Gasteiger partial charge in [-0.3, -0.25) is 5.10 Å². The first-order valence-electron chi connectivity index (χ1n) is 5.24. The number of nitrogens with one attached hydrogen (secondary N) is 1. The molecule has 1 N–H and O–H groups in total. The molecule has 0 fully saturated rings. The summed E-state index contributed by atoms with van der Waals surface area (Å²) in [5.74, 6) is 0.873. The highest BCUT2D eigenvalue weighted by atomic mass is 19.1. The first-order valence-corrected chi connectivity index (χ1v) is 5.24. The average molecular weight is 245 g/mol. The molecule has 1 aromatic carbocycles. The number of rotatable bonds is 3. The summed E-state index contributed by atoms with van der Waals surface area (Å²) in [4.78, 5) is 8.05. The van der Waals surface area contributed by atoms with Gasteiger partial charge in [-0.25, -0.2) is 9.37 Å². The molecule has 0 saturated heterocycles. The smallest absolute Gasteiger partial charge is 0.239 e. The SMILES string of the molecule is Fc1cccc(Cc2nc(-c3ncn[nH]3)no2)c1. The molecule has 0 aliphatic carbocycles. The van der Waals surface area contributed by atoms with Crippen LogP contribution in [0, 0.1) is 5.82 Å². The van der Waals surface area contributed by atoms with Crippen LogP contribution >= 0.6 is 0 Å². The molecule has 0 saturated carbocycles. The maximum Gasteiger partial charge on any atom is 0.239 e. The molecule has 3 aromatic rings. The molecular formula is C11H8FN5O. The summed E-state index contributed by atoms with van der Waals surface area (Å²) in [7, 11) is 0. The highest BCUT2D eigenvalue weighted by Crippen LogP contribution is 2.13. The summed E-state index contributed by atoms with van der Waals surface area (Å²) in [6.45, 7) is 0. The largest absolute Gasteiger partial charge is 0.339 e. The zero-order chi connectivity index (χ0) is 12.4. The number of aromatic nitrogens is 5. The van der Waals surface area contributed by atoms with Crippen molar-refractivity contribution in [1.29, 1.82) is 0 Å². The van der Waals surface area contributed by atoms with Crippen molar-refractivity contribution in [3.05, 3.63) is 47.9 Å². The Labute approximate surface area is 101 Å². The first kappa shape index (κ1) is 10.6. The normalized spacial score (nSPS) is 10.7. The predicted molar refractivity (Wildman–Crippen MR) is 58.9 cm³/mol. The van der Waals surface area contributed by atoms with Crippen molar-refractivity contribution in [2.24, 2.45) is 0 Å². The minimum atomic E-state index is -0.289. The minimum absolute atomic E-state index is 0.289. The Morgan fingerprint density at radius 1 is 1.33 bits per heavy atom. The molecule has 6 nitrogen and oxygen atoms in total. The van der Waals surface area contributed by atoms with Gasteiger partial charge in [-0.05, 0) is 17.7 Å². The van der Waals surface area contributed by atoms with E-state index in [9.17, 15) is 4.39 Å². The second kappa shape index (κ2) is 4.36. The van der Waals surface area contributed by atoms with Crippen molar-refractivity contribution in [2.45, 2.75) is 6.42 Å². The summed E-state index contributed by atoms with van der Waals surface area (Å²) in [5, 5.41) is 10.1. The summed E-state index contributed by atoms with van der Waals surface area (Å²) >= 11 is 0. The van der Waals surface area contributed by atoms with E-state index in [1.54, 1.807) is 12.1 Å². The van der Waals surface area contributed by atoms with Crippen LogP contribution in [-0.4, -0.2) is 25.3 Å². The molecule has 0 spiro atoms. The monoisotopic (exact) mass is 245 g/mol. The highest BCUT2D eigenvalue weighted by molar-refractivity contribution is 5.39. The number of hydrogen-bond acceptors (Lipinski definition) is 5. The minimum Gasteiger partial charge on any atom is -0.339 e. The third-order valence-electron chi connectivity index (χ3n) is 2.34. The molecule has 2 aromatic heterocycles. The molecular weight excluding hydrogens is 237 g/mol. The lowest BCUT2D eigenvalue weighted by Crippen LogP contribution is -1.90. The molecule has 18 heavy (non-hydrogen) atoms. The fourth-order valence-electron chi connectivity index (χ4n) is 1.56. The number of halogens is 1. The summed E-state index contributed by atoms with van der Waals surface area (Å²) < 4.78 is 18.1. The quantitative estimate of drug-likeness (QED) is 0.757. The molecule has 90 valence electrons. The van der Waals surface area contributed by atoms with Gasteiger partial charge >= 0.3 is 0 Å². The maximum atomic E-state index is 13.0. The Bertz CT molecular complexity index is 649. The van der Waals surface area contributed by atoms with Gasteiger partial charge in [0.25, 0.3) is 0 Å². The molecule has 7 heteroatoms. The zero-order valence-electron chi connectivity index (χ0n) is 9.17. The number of H-pyrrole nitrogens is 1. The Morgan fingerprint density at radius 2 is 2.28 bits per heavy atom. The predicted octanol–water partition coefficient (Wildman–Crippen LogP) is 1.58. The lowest BCUT2D eigenvalue weighted by Gasteiger charge is -1.95. The Morgan fingerprint density at radius 3 is 3.06 bits per heavy atom. The van der Waals surface area contributed by atoms with Gasteiger partial charge < -0.3 is 4.52 Å². The van der Waals surface area contributed by atoms with E-state index in [0.29, 0.717) is 24.0 Å². The van der Waals surface area contributed by atoms with E-state index in [0.717, 1.165) is 5.56 Å². The highest BCUT2D eigenvalue weighted by Gasteiger charge is 2.11. The molecule has 0 atom stereocenters. The van der Waals surface area contributed by atoms with Crippen LogP contribution in [0.25, 0.3) is 11.6 Å². The second-order valence-corrected chi connectivity index (χ2v) is 3.65. The molecule has 0 radical (unpaired) electrons. The van der Waals surface area contributed by atoms with Crippen LogP contribution in [0.15, 0.2) is 35.1 Å². The third-order valence-corrected chi connectivity index (χ3v) is 2.34. The zero-order valence-corrected chi connectivity index (χ0v) is 9.17. The number of benzene rings is 1. The topological polar surface area (TPSA) is 80.5 Å². The van der Waals surface area contributed by atoms with Crippen LogP contribution in [0.1, 0.15) is 11.5 Å². The van der Waals surface area contributed by atoms with Crippen LogP contribution in [0.5, 0.6) is 0 Å². The van der Waals surface area contributed by atoms with Crippen molar-refractivity contribution in [3.8, 4) is 11.6 Å². The van der Waals surface area contributed by atoms with Gasteiger partial charge in [0, 0.05) is 0 Å². The fraction of sp³-hybridized carbons (Fsp3) is 0.0909. The van der Waals surface area contributed by atoms with Gasteiger partial charge in [-0.15, -0.1) is 0 Å². The van der Waals surface area contributed by atoms with Crippen LogP contribution in [0.3, 0.4) is 0 Å². The van der Waals surface area contributed by atoms with Gasteiger partial charge in [-0.1, -0.05) is 17.3 Å². The van der Waals surface area contributed by atoms with Crippen LogP contribution in [-0.2, 0) is 6.42 Å². The third kappa shape index (κ3) is 2.10. The van der Waals surface area contributed by atoms with Gasteiger partial charge in [0.1, 0.15) is 12.1 Å². The van der Waals surface area contributed by atoms with Gasteiger partial charge in [0.2, 0.25) is 11.7 Å². The molecule has 0 aliphatic heterocycles. The van der Waals surface area contributed by atoms with E-state index in [2.05, 4.69) is 25.3 Å². The number of hydrogen-bond donors (Lipinski definition) is 1. The Balaban J connectivity index is 1.82. The second-order valence-electron chi connectivity index (χ2n) is 3.65. The molecule has 0 amide bonds. The lowest BCUT2D eigenvalue weighted by atomic mass is 10.1. The summed E-state index contributed by atoms with van der Waals surface area (Å²) in [6, 6.07) is 6.25. The van der Waals surface area contributed by atoms with E-state index in [1.165, 1.54) is 18.5 Å². The standard InChI is InChI=1S/C11H8FN5O/c12-8-3-1-2-7(4-8)5-9-15-11(17-18-9)10-13-6-14-16-10/h1-4,6H,5H2,(H,13,14,16). The molecule has 3 rings (SSSR count). The van der Waals surface area contributed by atoms with Gasteiger partial charge in [0.15, 0.2) is 5.82 Å². The van der Waals surface area contributed by atoms with E-state index in [1.807, 2.05) is 0 Å². The van der Waals surface area contributed by atoms with E-state index in [-0.39, 0.29) is 5.82 Å². The molecule has 0 aliphatic rings. The molecule has 0 bridgehead atoms. The summed E-state index contributed by atoms with van der Waals surface area (Å²) in [6.07, 6.45) is 1.73. The average Bonchev–Trinajstić information content (AvgIpc) is 2.98. The van der Waals surface area contributed by atoms with E-state index in [4.69, 9.17) is 4.52 Å². The fourth-order valence-corrected chi connectivity index (χ4v) is 1.56.